The van der Waals surface area contributed by atoms with E-state index < -0.39 is 30.4 Å². The van der Waals surface area contributed by atoms with Crippen LogP contribution in [0.5, 0.6) is 0 Å². The van der Waals surface area contributed by atoms with Crippen LogP contribution in [-0.4, -0.2) is 60.7 Å². The van der Waals surface area contributed by atoms with E-state index in [-0.39, 0.29) is 12.9 Å². The van der Waals surface area contributed by atoms with Crippen molar-refractivity contribution in [3.8, 4) is 0 Å². The summed E-state index contributed by atoms with van der Waals surface area (Å²) >= 11 is 0. The second-order valence-corrected chi connectivity index (χ2v) is 6.69. The summed E-state index contributed by atoms with van der Waals surface area (Å²) < 4.78 is 15.5. The van der Waals surface area contributed by atoms with Gasteiger partial charge in [-0.15, -0.1) is 0 Å². The van der Waals surface area contributed by atoms with E-state index in [2.05, 4.69) is 5.32 Å². The largest absolute Gasteiger partial charge is 0.444 e. The van der Waals surface area contributed by atoms with Crippen molar-refractivity contribution < 1.29 is 29.2 Å². The number of hydrogen-bond acceptors (Lipinski definition) is 6. The van der Waals surface area contributed by atoms with Gasteiger partial charge in [0.15, 0.2) is 0 Å². The lowest BCUT2D eigenvalue weighted by Crippen LogP contribution is -2.46. The number of aliphatic hydroxyl groups is 2. The third kappa shape index (κ3) is 7.40. The summed E-state index contributed by atoms with van der Waals surface area (Å²) in [5.41, 5.74) is -0.603. The predicted octanol–water partition coefficient (Wildman–Crippen LogP) is 1.02. The van der Waals surface area contributed by atoms with Gasteiger partial charge in [-0.25, -0.2) is 4.79 Å². The molecule has 3 N–H and O–H groups in total. The molecule has 1 rings (SSSR count). The van der Waals surface area contributed by atoms with Gasteiger partial charge in [-0.05, 0) is 46.0 Å². The van der Waals surface area contributed by atoms with E-state index in [4.69, 9.17) is 19.3 Å². The molecular weight excluding hydrogens is 290 g/mol. The average molecular weight is 319 g/mol. The Labute approximate surface area is 131 Å². The highest BCUT2D eigenvalue weighted by Crippen LogP contribution is 2.38. The molecule has 0 aliphatic heterocycles. The molecule has 1 amide bonds. The monoisotopic (exact) mass is 319 g/mol. The van der Waals surface area contributed by atoms with E-state index >= 15 is 0 Å². The number of methoxy groups -OCH3 is 1. The summed E-state index contributed by atoms with van der Waals surface area (Å²) in [6, 6.07) is -0.538. The summed E-state index contributed by atoms with van der Waals surface area (Å²) in [6.45, 7) is 5.18. The molecule has 0 heterocycles. The van der Waals surface area contributed by atoms with Crippen LogP contribution in [0, 0.1) is 5.92 Å². The third-order valence-corrected chi connectivity index (χ3v) is 3.46. The Morgan fingerprint density at radius 3 is 2.64 bits per heavy atom. The molecule has 0 bridgehead atoms. The van der Waals surface area contributed by atoms with E-state index in [1.807, 2.05) is 0 Å². The minimum atomic E-state index is -1.01. The molecule has 0 radical (unpaired) electrons. The van der Waals surface area contributed by atoms with Gasteiger partial charge in [0.25, 0.3) is 0 Å². The molecule has 0 saturated heterocycles. The van der Waals surface area contributed by atoms with Crippen LogP contribution in [0.3, 0.4) is 0 Å². The summed E-state index contributed by atoms with van der Waals surface area (Å²) in [4.78, 5) is 11.8. The number of hydrogen-bond donors (Lipinski definition) is 3. The predicted molar refractivity (Wildman–Crippen MR) is 80.3 cm³/mol. The zero-order valence-corrected chi connectivity index (χ0v) is 13.9. The number of nitrogens with one attached hydrogen (secondary N) is 1. The van der Waals surface area contributed by atoms with Crippen LogP contribution in [0.1, 0.15) is 40.0 Å². The summed E-state index contributed by atoms with van der Waals surface area (Å²) in [5, 5.41) is 21.6. The first-order valence-electron chi connectivity index (χ1n) is 7.65. The second kappa shape index (κ2) is 8.67. The highest BCUT2D eigenvalue weighted by molar-refractivity contribution is 5.68. The van der Waals surface area contributed by atoms with Gasteiger partial charge in [0.2, 0.25) is 0 Å². The Morgan fingerprint density at radius 2 is 2.09 bits per heavy atom. The van der Waals surface area contributed by atoms with Gasteiger partial charge in [-0.3, -0.25) is 0 Å². The molecule has 0 aromatic carbocycles. The molecular formula is C15H29NO6. The quantitative estimate of drug-likeness (QED) is 0.549. The maximum absolute atomic E-state index is 11.8. The van der Waals surface area contributed by atoms with Crippen LogP contribution in [0.15, 0.2) is 0 Å². The van der Waals surface area contributed by atoms with Crippen LogP contribution in [0.25, 0.3) is 0 Å². The molecule has 1 fully saturated rings. The topological polar surface area (TPSA) is 97.3 Å². The number of carbonyl (C=O) groups excluding carboxylic acids is 1. The van der Waals surface area contributed by atoms with E-state index in [1.165, 1.54) is 0 Å². The molecule has 7 nitrogen and oxygen atoms in total. The molecule has 7 heteroatoms. The Bertz CT molecular complexity index is 343. The van der Waals surface area contributed by atoms with Crippen molar-refractivity contribution in [3.05, 3.63) is 0 Å². The van der Waals surface area contributed by atoms with E-state index in [1.54, 1.807) is 27.9 Å². The second-order valence-electron chi connectivity index (χ2n) is 6.69. The number of rotatable bonds is 9. The van der Waals surface area contributed by atoms with Gasteiger partial charge in [0, 0.05) is 7.11 Å². The van der Waals surface area contributed by atoms with Crippen LogP contribution < -0.4 is 5.32 Å². The maximum atomic E-state index is 11.8. The standard InChI is InChI=1S/C15H29NO6/c1-15(2,3)22-14(19)16-11(12(18)8-17)6-5-10-7-13(10)21-9-20-4/h10-13,17-18H,5-9H2,1-4H3,(H,16,19)/t10?,11-,12-,13-/m1/s1. The molecule has 1 unspecified atom stereocenters. The van der Waals surface area contributed by atoms with Crippen LogP contribution in [-0.2, 0) is 14.2 Å². The Hall–Kier alpha value is -0.890. The highest BCUT2D eigenvalue weighted by atomic mass is 16.7. The number of ether oxygens (including phenoxy) is 3. The molecule has 0 aromatic heterocycles. The van der Waals surface area contributed by atoms with Gasteiger partial charge in [-0.1, -0.05) is 0 Å². The third-order valence-electron chi connectivity index (χ3n) is 3.46. The van der Waals surface area contributed by atoms with Crippen molar-refractivity contribution in [2.75, 3.05) is 20.5 Å². The number of carbonyl (C=O) groups is 1. The minimum Gasteiger partial charge on any atom is -0.444 e. The summed E-state index contributed by atoms with van der Waals surface area (Å²) in [6.07, 6.45) is 0.897. The molecule has 0 spiro atoms. The molecule has 1 saturated carbocycles. The zero-order chi connectivity index (χ0) is 16.8. The lowest BCUT2D eigenvalue weighted by Gasteiger charge is -2.26. The highest BCUT2D eigenvalue weighted by Gasteiger charge is 2.38. The van der Waals surface area contributed by atoms with Crippen molar-refractivity contribution in [1.82, 2.24) is 5.32 Å². The first-order chi connectivity index (χ1) is 10.3. The van der Waals surface area contributed by atoms with E-state index in [9.17, 15) is 9.90 Å². The zero-order valence-electron chi connectivity index (χ0n) is 13.9. The lowest BCUT2D eigenvalue weighted by atomic mass is 10.0. The fourth-order valence-corrected chi connectivity index (χ4v) is 2.22. The number of alkyl carbamates (subject to hydrolysis) is 1. The molecule has 1 aliphatic rings. The first-order valence-corrected chi connectivity index (χ1v) is 7.65. The van der Waals surface area contributed by atoms with Crippen LogP contribution >= 0.6 is 0 Å². The van der Waals surface area contributed by atoms with Gasteiger partial charge in [0.05, 0.1) is 24.9 Å². The van der Waals surface area contributed by atoms with Crippen LogP contribution in [0.2, 0.25) is 0 Å². The van der Waals surface area contributed by atoms with Gasteiger partial charge in [-0.2, -0.15) is 0 Å². The Balaban J connectivity index is 2.37. The van der Waals surface area contributed by atoms with Crippen molar-refractivity contribution in [1.29, 1.82) is 0 Å². The fourth-order valence-electron chi connectivity index (χ4n) is 2.22. The van der Waals surface area contributed by atoms with E-state index in [0.29, 0.717) is 12.3 Å². The van der Waals surface area contributed by atoms with Gasteiger partial charge < -0.3 is 29.7 Å². The summed E-state index contributed by atoms with van der Waals surface area (Å²) in [7, 11) is 1.58. The van der Waals surface area contributed by atoms with Crippen molar-refractivity contribution in [3.63, 3.8) is 0 Å². The normalized spacial score (nSPS) is 23.7. The molecule has 1 aliphatic carbocycles. The van der Waals surface area contributed by atoms with Gasteiger partial charge >= 0.3 is 6.09 Å². The first kappa shape index (κ1) is 19.2. The van der Waals surface area contributed by atoms with Gasteiger partial charge in [0.1, 0.15) is 12.4 Å². The Kier molecular flexibility index (Phi) is 7.55. The number of aliphatic hydroxyl groups excluding tert-OH is 2. The van der Waals surface area contributed by atoms with Crippen molar-refractivity contribution >= 4 is 6.09 Å². The smallest absolute Gasteiger partial charge is 0.407 e. The molecule has 130 valence electrons. The molecule has 4 atom stereocenters. The SMILES string of the molecule is COCO[C@@H]1CC1CC[C@@H](NC(=O)OC(C)(C)C)[C@H](O)CO. The Morgan fingerprint density at radius 1 is 1.41 bits per heavy atom. The molecule has 22 heavy (non-hydrogen) atoms. The average Bonchev–Trinajstić information content (AvgIpc) is 3.16. The van der Waals surface area contributed by atoms with Crippen LogP contribution in [0.4, 0.5) is 4.79 Å². The summed E-state index contributed by atoms with van der Waals surface area (Å²) in [5.74, 6) is 0.406. The van der Waals surface area contributed by atoms with Crippen molar-refractivity contribution in [2.24, 2.45) is 5.92 Å². The number of amides is 1. The minimum absolute atomic E-state index is 0.188. The molecule has 0 aromatic rings. The maximum Gasteiger partial charge on any atom is 0.407 e. The lowest BCUT2D eigenvalue weighted by molar-refractivity contribution is -0.0443. The van der Waals surface area contributed by atoms with Crippen molar-refractivity contribution in [2.45, 2.75) is 63.9 Å². The van der Waals surface area contributed by atoms with E-state index in [0.717, 1.165) is 12.8 Å². The fraction of sp³-hybridized carbons (Fsp3) is 0.933.